The maximum atomic E-state index is 5.83. The van der Waals surface area contributed by atoms with Crippen molar-refractivity contribution in [1.29, 1.82) is 0 Å². The SMILES string of the molecule is CCOc1ccc(N2C(=S)N[C@H](c3ccccn3)[C@@H]2c2cccn2-c2ccncc2)cc1. The lowest BCUT2D eigenvalue weighted by Crippen LogP contribution is -2.30. The molecule has 0 radical (unpaired) electrons. The van der Waals surface area contributed by atoms with E-state index >= 15 is 0 Å². The molecule has 1 aliphatic heterocycles. The number of nitrogens with one attached hydrogen (secondary N) is 1. The molecule has 3 aromatic heterocycles. The summed E-state index contributed by atoms with van der Waals surface area (Å²) in [4.78, 5) is 11.0. The van der Waals surface area contributed by atoms with Gasteiger partial charge in [0.2, 0.25) is 0 Å². The van der Waals surface area contributed by atoms with Gasteiger partial charge < -0.3 is 19.5 Å². The Bertz CT molecular complexity index is 1190. The zero-order valence-electron chi connectivity index (χ0n) is 17.6. The Morgan fingerprint density at radius 2 is 1.75 bits per heavy atom. The number of nitrogens with zero attached hydrogens (tertiary/aromatic N) is 4. The van der Waals surface area contributed by atoms with Crippen molar-refractivity contribution >= 4 is 23.0 Å². The van der Waals surface area contributed by atoms with Crippen LogP contribution in [0.25, 0.3) is 5.69 Å². The molecule has 32 heavy (non-hydrogen) atoms. The fourth-order valence-corrected chi connectivity index (χ4v) is 4.52. The molecule has 5 rings (SSSR count). The van der Waals surface area contributed by atoms with Crippen LogP contribution in [0.4, 0.5) is 5.69 Å². The topological polar surface area (TPSA) is 55.2 Å². The van der Waals surface area contributed by atoms with E-state index in [1.165, 1.54) is 0 Å². The van der Waals surface area contributed by atoms with Crippen LogP contribution in [0.3, 0.4) is 0 Å². The molecule has 4 heterocycles. The average molecular weight is 442 g/mol. The van der Waals surface area contributed by atoms with Crippen molar-refractivity contribution in [2.45, 2.75) is 19.0 Å². The van der Waals surface area contributed by atoms with Crippen LogP contribution in [-0.2, 0) is 0 Å². The van der Waals surface area contributed by atoms with Crippen LogP contribution in [0.5, 0.6) is 5.75 Å². The molecule has 7 heteroatoms. The molecule has 2 atom stereocenters. The summed E-state index contributed by atoms with van der Waals surface area (Å²) >= 11 is 5.83. The number of hydrogen-bond acceptors (Lipinski definition) is 4. The number of anilines is 1. The first kappa shape index (κ1) is 20.2. The van der Waals surface area contributed by atoms with E-state index in [0.29, 0.717) is 11.7 Å². The van der Waals surface area contributed by atoms with Crippen LogP contribution in [0.1, 0.15) is 30.4 Å². The van der Waals surface area contributed by atoms with E-state index in [1.54, 1.807) is 12.4 Å². The van der Waals surface area contributed by atoms with E-state index < -0.39 is 0 Å². The van der Waals surface area contributed by atoms with Crippen LogP contribution < -0.4 is 15.0 Å². The lowest BCUT2D eigenvalue weighted by atomic mass is 10.0. The highest BCUT2D eigenvalue weighted by Gasteiger charge is 2.42. The second kappa shape index (κ2) is 8.80. The predicted octanol–water partition coefficient (Wildman–Crippen LogP) is 4.84. The van der Waals surface area contributed by atoms with Gasteiger partial charge in [0.25, 0.3) is 0 Å². The molecule has 160 valence electrons. The zero-order valence-corrected chi connectivity index (χ0v) is 18.4. The Labute approximate surface area is 192 Å². The van der Waals surface area contributed by atoms with Crippen LogP contribution >= 0.6 is 12.2 Å². The second-order valence-electron chi connectivity index (χ2n) is 7.43. The summed E-state index contributed by atoms with van der Waals surface area (Å²) in [7, 11) is 0. The van der Waals surface area contributed by atoms with Crippen LogP contribution in [0, 0.1) is 0 Å². The summed E-state index contributed by atoms with van der Waals surface area (Å²) in [5, 5.41) is 4.18. The van der Waals surface area contributed by atoms with Gasteiger partial charge in [0.15, 0.2) is 5.11 Å². The van der Waals surface area contributed by atoms with E-state index in [0.717, 1.165) is 28.5 Å². The van der Waals surface area contributed by atoms with Crippen molar-refractivity contribution in [3.05, 3.63) is 103 Å². The van der Waals surface area contributed by atoms with Crippen molar-refractivity contribution in [3.8, 4) is 11.4 Å². The molecule has 0 saturated carbocycles. The molecule has 0 aliphatic carbocycles. The third kappa shape index (κ3) is 3.71. The second-order valence-corrected chi connectivity index (χ2v) is 7.82. The van der Waals surface area contributed by atoms with Crippen molar-refractivity contribution in [2.75, 3.05) is 11.5 Å². The fraction of sp³-hybridized carbons (Fsp3) is 0.160. The molecule has 1 N–H and O–H groups in total. The fourth-order valence-electron chi connectivity index (χ4n) is 4.18. The molecular formula is C25H23N5OS. The number of benzene rings is 1. The Hall–Kier alpha value is -3.71. The molecule has 6 nitrogen and oxygen atoms in total. The van der Waals surface area contributed by atoms with Gasteiger partial charge in [-0.1, -0.05) is 6.07 Å². The highest BCUT2D eigenvalue weighted by Crippen LogP contribution is 2.42. The van der Waals surface area contributed by atoms with Gasteiger partial charge in [0.1, 0.15) is 11.8 Å². The van der Waals surface area contributed by atoms with Gasteiger partial charge in [-0.3, -0.25) is 9.97 Å². The summed E-state index contributed by atoms with van der Waals surface area (Å²) in [5.41, 5.74) is 4.09. The van der Waals surface area contributed by atoms with Gasteiger partial charge in [-0.25, -0.2) is 0 Å². The molecule has 0 unspecified atom stereocenters. The van der Waals surface area contributed by atoms with Gasteiger partial charge in [0, 0.05) is 41.9 Å². The lowest BCUT2D eigenvalue weighted by molar-refractivity contribution is 0.340. The van der Waals surface area contributed by atoms with Crippen LogP contribution in [0.15, 0.2) is 91.5 Å². The monoisotopic (exact) mass is 441 g/mol. The van der Waals surface area contributed by atoms with Gasteiger partial charge in [0.05, 0.1) is 18.3 Å². The Morgan fingerprint density at radius 1 is 0.938 bits per heavy atom. The molecule has 1 fully saturated rings. The van der Waals surface area contributed by atoms with E-state index in [-0.39, 0.29) is 12.1 Å². The highest BCUT2D eigenvalue weighted by molar-refractivity contribution is 7.80. The molecular weight excluding hydrogens is 418 g/mol. The van der Waals surface area contributed by atoms with Gasteiger partial charge >= 0.3 is 0 Å². The number of ether oxygens (including phenoxy) is 1. The molecule has 1 aliphatic rings. The third-order valence-electron chi connectivity index (χ3n) is 5.55. The van der Waals surface area contributed by atoms with Gasteiger partial charge in [-0.15, -0.1) is 0 Å². The molecule has 1 aromatic carbocycles. The van der Waals surface area contributed by atoms with Crippen molar-refractivity contribution < 1.29 is 4.74 Å². The number of hydrogen-bond donors (Lipinski definition) is 1. The number of thiocarbonyl (C=S) groups is 1. The first-order chi connectivity index (χ1) is 15.8. The molecule has 0 bridgehead atoms. The summed E-state index contributed by atoms with van der Waals surface area (Å²) in [6.07, 6.45) is 7.49. The predicted molar refractivity (Wildman–Crippen MR) is 129 cm³/mol. The minimum absolute atomic E-state index is 0.0986. The first-order valence-corrected chi connectivity index (χ1v) is 11.0. The molecule has 0 amide bonds. The maximum Gasteiger partial charge on any atom is 0.174 e. The van der Waals surface area contributed by atoms with Gasteiger partial charge in [-0.2, -0.15) is 0 Å². The minimum atomic E-state index is -0.106. The summed E-state index contributed by atoms with van der Waals surface area (Å²) in [5.74, 6) is 0.840. The first-order valence-electron chi connectivity index (χ1n) is 10.6. The number of pyridine rings is 2. The van der Waals surface area contributed by atoms with Crippen molar-refractivity contribution in [2.24, 2.45) is 0 Å². The summed E-state index contributed by atoms with van der Waals surface area (Å²) in [6.45, 7) is 2.61. The molecule has 4 aromatic rings. The quantitative estimate of drug-likeness (QED) is 0.432. The number of aromatic nitrogens is 3. The average Bonchev–Trinajstić information content (AvgIpc) is 3.45. The Kier molecular flexibility index (Phi) is 5.56. The van der Waals surface area contributed by atoms with Gasteiger partial charge in [-0.05, 0) is 79.8 Å². The van der Waals surface area contributed by atoms with Crippen LogP contribution in [-0.4, -0.2) is 26.3 Å². The maximum absolute atomic E-state index is 5.83. The standard InChI is InChI=1S/C25H23N5OS/c1-2-31-20-10-8-19(9-11-20)30-24(23(28-25(30)32)21-6-3-4-14-27-21)22-7-5-17-29(22)18-12-15-26-16-13-18/h3-17,23-24H,2H2,1H3,(H,28,32)/t23-,24+/m1/s1. The van der Waals surface area contributed by atoms with Crippen LogP contribution in [0.2, 0.25) is 0 Å². The number of rotatable bonds is 6. The highest BCUT2D eigenvalue weighted by atomic mass is 32.1. The normalized spacial score (nSPS) is 17.9. The zero-order chi connectivity index (χ0) is 21.9. The largest absolute Gasteiger partial charge is 0.494 e. The Morgan fingerprint density at radius 3 is 2.47 bits per heavy atom. The van der Waals surface area contributed by atoms with E-state index in [9.17, 15) is 0 Å². The molecule has 1 saturated heterocycles. The smallest absolute Gasteiger partial charge is 0.174 e. The van der Waals surface area contributed by atoms with E-state index in [4.69, 9.17) is 17.0 Å². The minimum Gasteiger partial charge on any atom is -0.494 e. The van der Waals surface area contributed by atoms with E-state index in [2.05, 4.69) is 43.1 Å². The van der Waals surface area contributed by atoms with E-state index in [1.807, 2.05) is 67.7 Å². The summed E-state index contributed by atoms with van der Waals surface area (Å²) in [6, 6.07) is 22.0. The lowest BCUT2D eigenvalue weighted by Gasteiger charge is -2.29. The third-order valence-corrected chi connectivity index (χ3v) is 5.86. The van der Waals surface area contributed by atoms with Crippen molar-refractivity contribution in [3.63, 3.8) is 0 Å². The Balaban J connectivity index is 1.62. The summed E-state index contributed by atoms with van der Waals surface area (Å²) < 4.78 is 7.81. The van der Waals surface area contributed by atoms with Crippen molar-refractivity contribution in [1.82, 2.24) is 19.9 Å². The molecule has 0 spiro atoms.